The van der Waals surface area contributed by atoms with Crippen LogP contribution in [0.4, 0.5) is 5.82 Å². The molecule has 1 rings (SSSR count). The number of rotatable bonds is 5. The Bertz CT molecular complexity index is 425. The predicted octanol–water partition coefficient (Wildman–Crippen LogP) is 2.52. The van der Waals surface area contributed by atoms with Crippen LogP contribution in [0.3, 0.4) is 0 Å². The molecule has 0 aromatic carbocycles. The molecule has 0 saturated heterocycles. The van der Waals surface area contributed by atoms with E-state index in [1.165, 1.54) is 0 Å². The molecule has 0 aliphatic heterocycles. The van der Waals surface area contributed by atoms with Crippen molar-refractivity contribution in [3.63, 3.8) is 0 Å². The lowest BCUT2D eigenvalue weighted by Gasteiger charge is -2.11. The summed E-state index contributed by atoms with van der Waals surface area (Å²) in [7, 11) is 0. The molecule has 0 saturated carbocycles. The lowest BCUT2D eigenvalue weighted by Crippen LogP contribution is -2.11. The summed E-state index contributed by atoms with van der Waals surface area (Å²) in [4.78, 5) is 0. The highest BCUT2D eigenvalue weighted by molar-refractivity contribution is 7.99. The van der Waals surface area contributed by atoms with E-state index in [1.807, 2.05) is 25.6 Å². The number of thioether (sulfide) groups is 1. The average molecular weight is 250 g/mol. The summed E-state index contributed by atoms with van der Waals surface area (Å²) in [6, 6.07) is 2.19. The minimum Gasteiger partial charge on any atom is -0.367 e. The van der Waals surface area contributed by atoms with Crippen molar-refractivity contribution in [3.8, 4) is 6.07 Å². The molecule has 0 aliphatic rings. The predicted molar refractivity (Wildman–Crippen MR) is 72.3 cm³/mol. The molecule has 4 nitrogen and oxygen atoms in total. The number of nitrogens with one attached hydrogen (secondary N) is 1. The third-order valence-corrected chi connectivity index (χ3v) is 3.85. The van der Waals surface area contributed by atoms with Crippen molar-refractivity contribution in [3.05, 3.63) is 16.8 Å². The van der Waals surface area contributed by atoms with Gasteiger partial charge in [0.2, 0.25) is 0 Å². The fraction of sp³-hybridized carbons (Fsp3) is 0.583. The van der Waals surface area contributed by atoms with Crippen LogP contribution in [-0.2, 0) is 0 Å². The molecule has 0 aliphatic carbocycles. The van der Waals surface area contributed by atoms with Gasteiger partial charge < -0.3 is 5.32 Å². The Kier molecular flexibility index (Phi) is 5.23. The van der Waals surface area contributed by atoms with Gasteiger partial charge in [0, 0.05) is 11.8 Å². The second kappa shape index (κ2) is 6.45. The van der Waals surface area contributed by atoms with E-state index in [1.54, 1.807) is 0 Å². The highest BCUT2D eigenvalue weighted by Gasteiger charge is 2.10. The molecule has 1 aromatic heterocycles. The van der Waals surface area contributed by atoms with Gasteiger partial charge in [-0.3, -0.25) is 0 Å². The minimum absolute atomic E-state index is 0.601. The first kappa shape index (κ1) is 13.8. The van der Waals surface area contributed by atoms with E-state index in [0.29, 0.717) is 16.6 Å². The van der Waals surface area contributed by atoms with Gasteiger partial charge in [-0.05, 0) is 32.1 Å². The number of nitriles is 1. The number of hydrogen-bond acceptors (Lipinski definition) is 5. The smallest absolute Gasteiger partial charge is 0.166 e. The van der Waals surface area contributed by atoms with Crippen LogP contribution >= 0.6 is 11.8 Å². The first-order chi connectivity index (χ1) is 8.10. The SMILES string of the molecule is CSC(C)CCNc1nnc(C)c(C)c1C#N. The van der Waals surface area contributed by atoms with Gasteiger partial charge >= 0.3 is 0 Å². The summed E-state index contributed by atoms with van der Waals surface area (Å²) in [6.07, 6.45) is 3.14. The maximum atomic E-state index is 9.12. The third kappa shape index (κ3) is 3.60. The number of hydrogen-bond donors (Lipinski definition) is 1. The molecule has 0 radical (unpaired) electrons. The molecule has 1 N–H and O–H groups in total. The monoisotopic (exact) mass is 250 g/mol. The fourth-order valence-corrected chi connectivity index (χ4v) is 1.73. The molecule has 5 heteroatoms. The lowest BCUT2D eigenvalue weighted by atomic mass is 10.1. The van der Waals surface area contributed by atoms with Crippen LogP contribution in [0.25, 0.3) is 0 Å². The van der Waals surface area contributed by atoms with Crippen LogP contribution in [-0.4, -0.2) is 28.2 Å². The topological polar surface area (TPSA) is 61.6 Å². The number of aryl methyl sites for hydroxylation is 1. The molecule has 1 unspecified atom stereocenters. The Labute approximate surface area is 107 Å². The normalized spacial score (nSPS) is 11.9. The molecular formula is C12H18N4S. The molecule has 0 amide bonds. The van der Waals surface area contributed by atoms with Crippen LogP contribution in [0, 0.1) is 25.2 Å². The molecule has 1 heterocycles. The molecule has 92 valence electrons. The molecule has 0 bridgehead atoms. The summed E-state index contributed by atoms with van der Waals surface area (Å²) >= 11 is 1.83. The molecule has 1 atom stereocenters. The maximum absolute atomic E-state index is 9.12. The quantitative estimate of drug-likeness (QED) is 0.870. The third-order valence-electron chi connectivity index (χ3n) is 2.81. The Morgan fingerprint density at radius 3 is 2.71 bits per heavy atom. The van der Waals surface area contributed by atoms with Gasteiger partial charge in [-0.1, -0.05) is 6.92 Å². The molecule has 17 heavy (non-hydrogen) atoms. The second-order valence-electron chi connectivity index (χ2n) is 4.01. The van der Waals surface area contributed by atoms with Crippen LogP contribution in [0.2, 0.25) is 0 Å². The van der Waals surface area contributed by atoms with Crippen LogP contribution < -0.4 is 5.32 Å². The van der Waals surface area contributed by atoms with E-state index in [0.717, 1.165) is 24.2 Å². The van der Waals surface area contributed by atoms with Gasteiger partial charge in [-0.15, -0.1) is 5.10 Å². The fourth-order valence-electron chi connectivity index (χ4n) is 1.38. The van der Waals surface area contributed by atoms with E-state index in [-0.39, 0.29) is 0 Å². The van der Waals surface area contributed by atoms with E-state index in [9.17, 15) is 0 Å². The summed E-state index contributed by atoms with van der Waals surface area (Å²) in [5.74, 6) is 0.601. The Balaban J connectivity index is 2.72. The maximum Gasteiger partial charge on any atom is 0.166 e. The standard InChI is InChI=1S/C12H18N4S/c1-8(17-4)5-6-14-12-11(7-13)9(2)10(3)15-16-12/h8H,5-6H2,1-4H3,(H,14,16). The average Bonchev–Trinajstić information content (AvgIpc) is 2.33. The van der Waals surface area contributed by atoms with Gasteiger partial charge in [-0.2, -0.15) is 22.1 Å². The zero-order valence-electron chi connectivity index (χ0n) is 10.7. The van der Waals surface area contributed by atoms with E-state index >= 15 is 0 Å². The largest absolute Gasteiger partial charge is 0.367 e. The van der Waals surface area contributed by atoms with E-state index in [2.05, 4.69) is 34.8 Å². The number of anilines is 1. The molecule has 1 aromatic rings. The molecule has 0 spiro atoms. The van der Waals surface area contributed by atoms with Crippen molar-refractivity contribution in [2.75, 3.05) is 18.1 Å². The van der Waals surface area contributed by atoms with Crippen molar-refractivity contribution in [1.82, 2.24) is 10.2 Å². The Morgan fingerprint density at radius 2 is 2.12 bits per heavy atom. The van der Waals surface area contributed by atoms with Gasteiger partial charge in [0.05, 0.1) is 5.69 Å². The van der Waals surface area contributed by atoms with Crippen LogP contribution in [0.5, 0.6) is 0 Å². The van der Waals surface area contributed by atoms with Crippen molar-refractivity contribution >= 4 is 17.6 Å². The summed E-state index contributed by atoms with van der Waals surface area (Å²) in [6.45, 7) is 6.76. The van der Waals surface area contributed by atoms with Crippen LogP contribution in [0.15, 0.2) is 0 Å². The van der Waals surface area contributed by atoms with Crippen molar-refractivity contribution in [2.24, 2.45) is 0 Å². The van der Waals surface area contributed by atoms with Crippen molar-refractivity contribution in [1.29, 1.82) is 5.26 Å². The summed E-state index contributed by atoms with van der Waals surface area (Å²) in [5, 5.41) is 21.0. The molecular weight excluding hydrogens is 232 g/mol. The number of aromatic nitrogens is 2. The molecule has 0 fully saturated rings. The Hall–Kier alpha value is -1.28. The van der Waals surface area contributed by atoms with E-state index in [4.69, 9.17) is 5.26 Å². The highest BCUT2D eigenvalue weighted by atomic mass is 32.2. The lowest BCUT2D eigenvalue weighted by molar-refractivity contribution is 0.840. The zero-order valence-corrected chi connectivity index (χ0v) is 11.6. The Morgan fingerprint density at radius 1 is 1.41 bits per heavy atom. The minimum atomic E-state index is 0.601. The number of nitrogens with zero attached hydrogens (tertiary/aromatic N) is 3. The second-order valence-corrected chi connectivity index (χ2v) is 5.28. The van der Waals surface area contributed by atoms with Crippen molar-refractivity contribution in [2.45, 2.75) is 32.4 Å². The zero-order chi connectivity index (χ0) is 12.8. The first-order valence-corrected chi connectivity index (χ1v) is 6.89. The summed E-state index contributed by atoms with van der Waals surface area (Å²) < 4.78 is 0. The summed E-state index contributed by atoms with van der Waals surface area (Å²) in [5.41, 5.74) is 2.32. The van der Waals surface area contributed by atoms with Crippen molar-refractivity contribution < 1.29 is 0 Å². The van der Waals surface area contributed by atoms with Gasteiger partial charge in [-0.25, -0.2) is 0 Å². The highest BCUT2D eigenvalue weighted by Crippen LogP contribution is 2.17. The first-order valence-electron chi connectivity index (χ1n) is 5.60. The van der Waals surface area contributed by atoms with Gasteiger partial charge in [0.1, 0.15) is 11.6 Å². The van der Waals surface area contributed by atoms with E-state index < -0.39 is 0 Å². The van der Waals surface area contributed by atoms with Gasteiger partial charge in [0.25, 0.3) is 0 Å². The van der Waals surface area contributed by atoms with Gasteiger partial charge in [0.15, 0.2) is 5.82 Å². The van der Waals surface area contributed by atoms with Crippen LogP contribution in [0.1, 0.15) is 30.2 Å².